The van der Waals surface area contributed by atoms with Gasteiger partial charge in [0.05, 0.1) is 24.0 Å². The molecule has 1 N–H and O–H groups in total. The van der Waals surface area contributed by atoms with Crippen molar-refractivity contribution in [1.29, 1.82) is 0 Å². The summed E-state index contributed by atoms with van der Waals surface area (Å²) < 4.78 is 26.7. The third-order valence-electron chi connectivity index (χ3n) is 11.8. The molecule has 0 amide bonds. The Morgan fingerprint density at radius 2 is 1.11 bits per heavy atom. The van der Waals surface area contributed by atoms with Gasteiger partial charge >= 0.3 is 29.8 Å². The first kappa shape index (κ1) is 38.0. The molecule has 2 saturated carbocycles. The normalized spacial score (nSPS) is 29.1. The Morgan fingerprint density at radius 3 is 1.62 bits per heavy atom. The Hall–Kier alpha value is -5.29. The van der Waals surface area contributed by atoms with Gasteiger partial charge in [-0.05, 0) is 64.8 Å². The molecule has 2 saturated heterocycles. The van der Waals surface area contributed by atoms with Gasteiger partial charge in [0.1, 0.15) is 24.4 Å². The second-order valence-corrected chi connectivity index (χ2v) is 15.9. The minimum absolute atomic E-state index is 0.0504. The largest absolute Gasteiger partial charge is 0.465 e. The zero-order valence-electron chi connectivity index (χ0n) is 31.3. The SMILES string of the molecule is CC(=O)OCC1(O)CC2COC(=O)C2(Cc2ccc3ccccc3c2)C1.CC(=O)OCC1(OC(C)=O)CC2COC(=O)C2(Cc2ccc3ccccc3c2)C1. The molecule has 55 heavy (non-hydrogen) atoms. The fourth-order valence-corrected chi connectivity index (χ4v) is 9.53. The van der Waals surface area contributed by atoms with Crippen molar-refractivity contribution < 1.29 is 52.8 Å². The Bertz CT molecular complexity index is 2160. The van der Waals surface area contributed by atoms with E-state index in [-0.39, 0.29) is 56.4 Å². The van der Waals surface area contributed by atoms with Gasteiger partial charge in [-0.15, -0.1) is 0 Å². The van der Waals surface area contributed by atoms with Crippen LogP contribution in [0.2, 0.25) is 0 Å². The summed E-state index contributed by atoms with van der Waals surface area (Å²) in [5.74, 6) is -2.02. The van der Waals surface area contributed by atoms with Crippen LogP contribution in [-0.2, 0) is 60.5 Å². The van der Waals surface area contributed by atoms with Crippen LogP contribution >= 0.6 is 0 Å². The zero-order valence-corrected chi connectivity index (χ0v) is 31.3. The minimum Gasteiger partial charge on any atom is -0.465 e. The van der Waals surface area contributed by atoms with Crippen molar-refractivity contribution in [2.24, 2.45) is 22.7 Å². The molecular formula is C44H46O11. The molecule has 0 bridgehead atoms. The lowest BCUT2D eigenvalue weighted by Crippen LogP contribution is -2.41. The Labute approximate surface area is 319 Å². The molecule has 4 aliphatic rings. The molecule has 8 rings (SSSR count). The number of benzene rings is 4. The highest BCUT2D eigenvalue weighted by molar-refractivity contribution is 5.85. The van der Waals surface area contributed by atoms with Crippen LogP contribution in [0.5, 0.6) is 0 Å². The lowest BCUT2D eigenvalue weighted by atomic mass is 9.74. The van der Waals surface area contributed by atoms with E-state index in [0.29, 0.717) is 32.3 Å². The molecule has 2 heterocycles. The van der Waals surface area contributed by atoms with Gasteiger partial charge in [0, 0.05) is 39.0 Å². The molecule has 6 atom stereocenters. The van der Waals surface area contributed by atoms with E-state index in [1.165, 1.54) is 20.8 Å². The summed E-state index contributed by atoms with van der Waals surface area (Å²) in [5.41, 5.74) is -1.65. The predicted molar refractivity (Wildman–Crippen MR) is 200 cm³/mol. The Morgan fingerprint density at radius 1 is 0.636 bits per heavy atom. The molecular weight excluding hydrogens is 704 g/mol. The molecule has 4 aromatic rings. The molecule has 0 aromatic heterocycles. The van der Waals surface area contributed by atoms with Crippen molar-refractivity contribution in [2.75, 3.05) is 26.4 Å². The first-order valence-corrected chi connectivity index (χ1v) is 18.7. The minimum atomic E-state index is -1.17. The first-order valence-electron chi connectivity index (χ1n) is 18.7. The van der Waals surface area contributed by atoms with Crippen LogP contribution in [0.3, 0.4) is 0 Å². The monoisotopic (exact) mass is 750 g/mol. The van der Waals surface area contributed by atoms with Crippen LogP contribution in [-0.4, -0.2) is 72.6 Å². The van der Waals surface area contributed by atoms with Gasteiger partial charge in [0.2, 0.25) is 0 Å². The molecule has 0 spiro atoms. The molecule has 0 radical (unpaired) electrons. The highest BCUT2D eigenvalue weighted by Gasteiger charge is 2.65. The zero-order chi connectivity index (χ0) is 39.0. The number of aliphatic hydroxyl groups is 1. The molecule has 2 aliphatic heterocycles. The van der Waals surface area contributed by atoms with E-state index in [2.05, 4.69) is 24.3 Å². The molecule has 6 unspecified atom stereocenters. The van der Waals surface area contributed by atoms with Gasteiger partial charge in [-0.1, -0.05) is 84.9 Å². The molecule has 288 valence electrons. The van der Waals surface area contributed by atoms with Gasteiger partial charge in [0.15, 0.2) is 0 Å². The van der Waals surface area contributed by atoms with Crippen LogP contribution in [0.15, 0.2) is 84.9 Å². The number of ether oxygens (including phenoxy) is 5. The number of carbonyl (C=O) groups excluding carboxylic acids is 5. The van der Waals surface area contributed by atoms with Crippen molar-refractivity contribution in [1.82, 2.24) is 0 Å². The van der Waals surface area contributed by atoms with E-state index in [9.17, 15) is 29.1 Å². The van der Waals surface area contributed by atoms with Crippen LogP contribution in [0.4, 0.5) is 0 Å². The van der Waals surface area contributed by atoms with Crippen LogP contribution in [0, 0.1) is 22.7 Å². The van der Waals surface area contributed by atoms with Gasteiger partial charge in [-0.3, -0.25) is 24.0 Å². The van der Waals surface area contributed by atoms with Crippen LogP contribution in [0.1, 0.15) is 57.6 Å². The van der Waals surface area contributed by atoms with E-state index in [1.54, 1.807) is 0 Å². The van der Waals surface area contributed by atoms with Crippen LogP contribution in [0.25, 0.3) is 21.5 Å². The van der Waals surface area contributed by atoms with Crippen molar-refractivity contribution in [3.63, 3.8) is 0 Å². The second-order valence-electron chi connectivity index (χ2n) is 15.9. The number of esters is 5. The van der Waals surface area contributed by atoms with E-state index in [0.717, 1.165) is 32.7 Å². The number of cyclic esters (lactones) is 2. The average Bonchev–Trinajstić information content (AvgIpc) is 3.81. The number of rotatable bonds is 9. The maximum atomic E-state index is 12.9. The van der Waals surface area contributed by atoms with Crippen molar-refractivity contribution in [2.45, 2.75) is 70.5 Å². The molecule has 2 aliphatic carbocycles. The molecule has 11 heteroatoms. The fourth-order valence-electron chi connectivity index (χ4n) is 9.53. The van der Waals surface area contributed by atoms with Crippen LogP contribution < -0.4 is 0 Å². The van der Waals surface area contributed by atoms with Crippen molar-refractivity contribution in [3.05, 3.63) is 96.1 Å². The second kappa shape index (κ2) is 14.7. The number of carbonyl (C=O) groups is 5. The van der Waals surface area contributed by atoms with Gasteiger partial charge in [0.25, 0.3) is 0 Å². The van der Waals surface area contributed by atoms with E-state index >= 15 is 0 Å². The Balaban J connectivity index is 0.000000170. The summed E-state index contributed by atoms with van der Waals surface area (Å²) >= 11 is 0. The summed E-state index contributed by atoms with van der Waals surface area (Å²) in [6.07, 6.45) is 2.37. The Kier molecular flexibility index (Phi) is 10.2. The quantitative estimate of drug-likeness (QED) is 0.163. The smallest absolute Gasteiger partial charge is 0.312 e. The summed E-state index contributed by atoms with van der Waals surface area (Å²) in [6, 6.07) is 28.5. The average molecular weight is 751 g/mol. The number of hydrogen-bond acceptors (Lipinski definition) is 11. The molecule has 11 nitrogen and oxygen atoms in total. The lowest BCUT2D eigenvalue weighted by molar-refractivity contribution is -0.173. The predicted octanol–water partition coefficient (Wildman–Crippen LogP) is 5.83. The van der Waals surface area contributed by atoms with Gasteiger partial charge in [-0.2, -0.15) is 0 Å². The van der Waals surface area contributed by atoms with E-state index in [1.807, 2.05) is 60.7 Å². The third-order valence-corrected chi connectivity index (χ3v) is 11.8. The highest BCUT2D eigenvalue weighted by Crippen LogP contribution is 2.57. The topological polar surface area (TPSA) is 152 Å². The summed E-state index contributed by atoms with van der Waals surface area (Å²) in [7, 11) is 0. The van der Waals surface area contributed by atoms with Crippen molar-refractivity contribution >= 4 is 51.4 Å². The van der Waals surface area contributed by atoms with Gasteiger partial charge in [-0.25, -0.2) is 0 Å². The fraction of sp³-hybridized carbons (Fsp3) is 0.432. The van der Waals surface area contributed by atoms with Gasteiger partial charge < -0.3 is 28.8 Å². The standard InChI is InChI=1S/C23H24O6.C21H22O5/c1-15(24)28-14-22(29-16(2)25)11-20-12-27-21(26)23(20,13-22)10-17-7-8-18-5-3-4-6-19(18)9-17;1-14(22)26-13-20(24)10-18-11-25-19(23)21(18,12-20)9-15-6-7-16-4-2-3-5-17(16)8-15/h3-9,20H,10-14H2,1-2H3;2-8,18,24H,9-13H2,1H3. The van der Waals surface area contributed by atoms with Crippen molar-refractivity contribution in [3.8, 4) is 0 Å². The maximum Gasteiger partial charge on any atom is 0.312 e. The van der Waals surface area contributed by atoms with E-state index < -0.39 is 39.9 Å². The number of hydrogen-bond donors (Lipinski definition) is 1. The number of fused-ring (bicyclic) bond motifs is 4. The maximum absolute atomic E-state index is 12.9. The summed E-state index contributed by atoms with van der Waals surface area (Å²) in [6.45, 7) is 4.44. The molecule has 4 aromatic carbocycles. The highest BCUT2D eigenvalue weighted by atomic mass is 16.6. The lowest BCUT2D eigenvalue weighted by Gasteiger charge is -2.31. The first-order chi connectivity index (χ1) is 26.2. The molecule has 4 fully saturated rings. The van der Waals surface area contributed by atoms with E-state index in [4.69, 9.17) is 23.7 Å². The summed E-state index contributed by atoms with van der Waals surface area (Å²) in [5, 5.41) is 15.4. The third kappa shape index (κ3) is 7.67. The summed E-state index contributed by atoms with van der Waals surface area (Å²) in [4.78, 5) is 59.8.